The van der Waals surface area contributed by atoms with Gasteiger partial charge in [0.1, 0.15) is 5.60 Å². The quantitative estimate of drug-likeness (QED) is 0.569. The van der Waals surface area contributed by atoms with Gasteiger partial charge in [-0.1, -0.05) is 11.6 Å². The van der Waals surface area contributed by atoms with Crippen LogP contribution in [0.15, 0.2) is 24.5 Å². The molecule has 0 spiro atoms. The van der Waals surface area contributed by atoms with Crippen LogP contribution >= 0.6 is 11.6 Å². The number of pyridine rings is 1. The third kappa shape index (κ3) is 5.15. The molecule has 0 unspecified atom stereocenters. The lowest BCUT2D eigenvalue weighted by Crippen LogP contribution is -2.33. The Morgan fingerprint density at radius 3 is 2.77 bits per heavy atom. The van der Waals surface area contributed by atoms with Crippen molar-refractivity contribution in [1.82, 2.24) is 20.1 Å². The highest BCUT2D eigenvalue weighted by Crippen LogP contribution is 2.46. The number of hydrogen-bond acceptors (Lipinski definition) is 4. The van der Waals surface area contributed by atoms with Crippen LogP contribution in [0.1, 0.15) is 76.9 Å². The van der Waals surface area contributed by atoms with Crippen LogP contribution in [0.4, 0.5) is 4.79 Å². The average molecular weight is 431 g/mol. The standard InChI is InChI=1S/C23H31ClN4O2/c1-23(2,3)30-22(29)26-11-4-6-15-12-17(13-15)28-14-18(20(27-28)16-8-9-16)21-19(24)7-5-10-25-21/h5,7,10,14-17H,4,6,8-9,11-13H2,1-3H3,(H,26,29). The SMILES string of the molecule is CC(C)(C)OC(=O)NCCCC1CC(n2cc(-c3ncccc3Cl)c(C3CC3)n2)C1. The third-order valence-corrected chi connectivity index (χ3v) is 6.09. The van der Waals surface area contributed by atoms with Crippen molar-refractivity contribution in [3.05, 3.63) is 35.2 Å². The Bertz CT molecular complexity index is 895. The zero-order valence-corrected chi connectivity index (χ0v) is 18.8. The zero-order valence-electron chi connectivity index (χ0n) is 18.0. The molecule has 6 nitrogen and oxygen atoms in total. The van der Waals surface area contributed by atoms with E-state index in [0.29, 0.717) is 29.4 Å². The van der Waals surface area contributed by atoms with E-state index >= 15 is 0 Å². The minimum Gasteiger partial charge on any atom is -0.444 e. The molecule has 0 bridgehead atoms. The van der Waals surface area contributed by atoms with Crippen LogP contribution < -0.4 is 5.32 Å². The molecule has 0 saturated heterocycles. The highest BCUT2D eigenvalue weighted by Gasteiger charge is 2.35. The van der Waals surface area contributed by atoms with Crippen molar-refractivity contribution >= 4 is 17.7 Å². The molecule has 2 aromatic heterocycles. The summed E-state index contributed by atoms with van der Waals surface area (Å²) in [6.07, 6.45) is 10.4. The van der Waals surface area contributed by atoms with Gasteiger partial charge in [0.05, 0.1) is 22.5 Å². The first-order valence-corrected chi connectivity index (χ1v) is 11.3. The predicted octanol–water partition coefficient (Wildman–Crippen LogP) is 5.73. The number of rotatable bonds is 7. The van der Waals surface area contributed by atoms with Crippen molar-refractivity contribution in [2.75, 3.05) is 6.54 Å². The molecule has 2 aliphatic carbocycles. The molecule has 2 fully saturated rings. The summed E-state index contributed by atoms with van der Waals surface area (Å²) in [4.78, 5) is 16.2. The van der Waals surface area contributed by atoms with Gasteiger partial charge in [0, 0.05) is 30.4 Å². The highest BCUT2D eigenvalue weighted by molar-refractivity contribution is 6.33. The summed E-state index contributed by atoms with van der Waals surface area (Å²) in [6, 6.07) is 4.20. The Morgan fingerprint density at radius 1 is 1.33 bits per heavy atom. The van der Waals surface area contributed by atoms with E-state index in [0.717, 1.165) is 42.6 Å². The maximum absolute atomic E-state index is 11.7. The van der Waals surface area contributed by atoms with Gasteiger partial charge in [0.15, 0.2) is 0 Å². The third-order valence-electron chi connectivity index (χ3n) is 5.78. The fourth-order valence-electron chi connectivity index (χ4n) is 4.06. The molecule has 1 N–H and O–H groups in total. The Labute approximate surface area is 183 Å². The van der Waals surface area contributed by atoms with Gasteiger partial charge in [0.25, 0.3) is 0 Å². The van der Waals surface area contributed by atoms with Crippen LogP contribution in [0, 0.1) is 5.92 Å². The molecule has 2 aliphatic rings. The molecule has 2 heterocycles. The van der Waals surface area contributed by atoms with Crippen molar-refractivity contribution in [3.8, 4) is 11.3 Å². The van der Waals surface area contributed by atoms with Crippen LogP contribution in [-0.4, -0.2) is 33.0 Å². The number of halogens is 1. The normalized spacial score (nSPS) is 21.2. The first-order valence-electron chi connectivity index (χ1n) is 11.0. The molecule has 1 amide bonds. The van der Waals surface area contributed by atoms with Gasteiger partial charge in [-0.15, -0.1) is 0 Å². The molecule has 0 aromatic carbocycles. The second-order valence-electron chi connectivity index (χ2n) is 9.58. The number of ether oxygens (including phenoxy) is 1. The van der Waals surface area contributed by atoms with Gasteiger partial charge in [0.2, 0.25) is 0 Å². The van der Waals surface area contributed by atoms with Gasteiger partial charge >= 0.3 is 6.09 Å². The summed E-state index contributed by atoms with van der Waals surface area (Å²) in [7, 11) is 0. The molecule has 4 rings (SSSR count). The number of carbonyl (C=O) groups is 1. The summed E-state index contributed by atoms with van der Waals surface area (Å²) in [5.41, 5.74) is 2.64. The van der Waals surface area contributed by atoms with E-state index in [4.69, 9.17) is 21.4 Å². The molecule has 2 saturated carbocycles. The van der Waals surface area contributed by atoms with Gasteiger partial charge in [-0.05, 0) is 77.3 Å². The summed E-state index contributed by atoms with van der Waals surface area (Å²) < 4.78 is 7.41. The van der Waals surface area contributed by atoms with Crippen LogP contribution in [0.5, 0.6) is 0 Å². The zero-order chi connectivity index (χ0) is 21.3. The second kappa shape index (κ2) is 8.58. The minimum atomic E-state index is -0.452. The van der Waals surface area contributed by atoms with E-state index in [1.54, 1.807) is 6.20 Å². The van der Waals surface area contributed by atoms with E-state index in [2.05, 4.69) is 21.2 Å². The molecule has 7 heteroatoms. The molecular formula is C23H31ClN4O2. The lowest BCUT2D eigenvalue weighted by Gasteiger charge is -2.35. The second-order valence-corrected chi connectivity index (χ2v) is 9.99. The number of carbonyl (C=O) groups excluding carboxylic acids is 1. The topological polar surface area (TPSA) is 69.0 Å². The molecule has 30 heavy (non-hydrogen) atoms. The summed E-state index contributed by atoms with van der Waals surface area (Å²) in [5.74, 6) is 1.24. The van der Waals surface area contributed by atoms with Gasteiger partial charge in [-0.25, -0.2) is 4.79 Å². The summed E-state index contributed by atoms with van der Waals surface area (Å²) in [5, 5.41) is 8.47. The number of alkyl carbamates (subject to hydrolysis) is 1. The van der Waals surface area contributed by atoms with Crippen LogP contribution in [0.25, 0.3) is 11.3 Å². The van der Waals surface area contributed by atoms with E-state index < -0.39 is 5.60 Å². The first kappa shape index (κ1) is 21.2. The van der Waals surface area contributed by atoms with E-state index in [9.17, 15) is 4.79 Å². The molecule has 0 radical (unpaired) electrons. The van der Waals surface area contributed by atoms with Gasteiger partial charge in [-0.2, -0.15) is 5.10 Å². The van der Waals surface area contributed by atoms with E-state index in [1.165, 1.54) is 12.8 Å². The summed E-state index contributed by atoms with van der Waals surface area (Å²) >= 11 is 6.41. The minimum absolute atomic E-state index is 0.334. The number of aromatic nitrogens is 3. The van der Waals surface area contributed by atoms with Crippen molar-refractivity contribution in [1.29, 1.82) is 0 Å². The van der Waals surface area contributed by atoms with Crippen LogP contribution in [0.2, 0.25) is 5.02 Å². The van der Waals surface area contributed by atoms with Gasteiger partial charge in [-0.3, -0.25) is 9.67 Å². The molecule has 0 atom stereocenters. The lowest BCUT2D eigenvalue weighted by molar-refractivity contribution is 0.0524. The van der Waals surface area contributed by atoms with E-state index in [1.807, 2.05) is 32.9 Å². The lowest BCUT2D eigenvalue weighted by atomic mass is 9.77. The van der Waals surface area contributed by atoms with Crippen molar-refractivity contribution in [2.45, 2.75) is 76.9 Å². The smallest absolute Gasteiger partial charge is 0.407 e. The van der Waals surface area contributed by atoms with E-state index in [-0.39, 0.29) is 6.09 Å². The predicted molar refractivity (Wildman–Crippen MR) is 118 cm³/mol. The molecule has 2 aromatic rings. The number of hydrogen-bond donors (Lipinski definition) is 1. The highest BCUT2D eigenvalue weighted by atomic mass is 35.5. The molecule has 162 valence electrons. The Balaban J connectivity index is 1.28. The van der Waals surface area contributed by atoms with Crippen LogP contribution in [0.3, 0.4) is 0 Å². The summed E-state index contributed by atoms with van der Waals surface area (Å²) in [6.45, 7) is 6.28. The Hall–Kier alpha value is -2.08. The maximum atomic E-state index is 11.7. The number of nitrogens with zero attached hydrogens (tertiary/aromatic N) is 3. The number of amides is 1. The Kier molecular flexibility index (Phi) is 6.05. The fourth-order valence-corrected chi connectivity index (χ4v) is 4.29. The van der Waals surface area contributed by atoms with Gasteiger partial charge < -0.3 is 10.1 Å². The average Bonchev–Trinajstić information content (AvgIpc) is 3.39. The largest absolute Gasteiger partial charge is 0.444 e. The monoisotopic (exact) mass is 430 g/mol. The number of nitrogens with one attached hydrogen (secondary N) is 1. The molecule has 0 aliphatic heterocycles. The van der Waals surface area contributed by atoms with Crippen molar-refractivity contribution < 1.29 is 9.53 Å². The van der Waals surface area contributed by atoms with Crippen LogP contribution in [-0.2, 0) is 4.74 Å². The first-order chi connectivity index (χ1) is 14.3. The van der Waals surface area contributed by atoms with Crippen molar-refractivity contribution in [3.63, 3.8) is 0 Å². The Morgan fingerprint density at radius 2 is 2.10 bits per heavy atom. The van der Waals surface area contributed by atoms with Crippen molar-refractivity contribution in [2.24, 2.45) is 5.92 Å². The fraction of sp³-hybridized carbons (Fsp3) is 0.609. The maximum Gasteiger partial charge on any atom is 0.407 e. The molecular weight excluding hydrogens is 400 g/mol.